The van der Waals surface area contributed by atoms with Crippen LogP contribution < -0.4 is 5.32 Å². The molecule has 0 heterocycles. The van der Waals surface area contributed by atoms with Gasteiger partial charge in [-0.15, -0.1) is 0 Å². The number of carbonyl (C=O) groups is 2. The smallest absolute Gasteiger partial charge is 0.410 e. The predicted octanol–water partition coefficient (Wildman–Crippen LogP) is 3.37. The lowest BCUT2D eigenvalue weighted by atomic mass is 9.89. The van der Waals surface area contributed by atoms with Gasteiger partial charge < -0.3 is 14.8 Å². The molecule has 20 heavy (non-hydrogen) atoms. The fourth-order valence-corrected chi connectivity index (χ4v) is 2.39. The molecule has 1 aliphatic carbocycles. The number of ether oxygens (including phenoxy) is 2. The zero-order chi connectivity index (χ0) is 14.8. The molecule has 0 radical (unpaired) electrons. The molecule has 0 spiro atoms. The van der Waals surface area contributed by atoms with Crippen LogP contribution in [-0.2, 0) is 14.3 Å². The van der Waals surface area contributed by atoms with Crippen molar-refractivity contribution < 1.29 is 19.1 Å². The third kappa shape index (κ3) is 6.78. The van der Waals surface area contributed by atoms with E-state index >= 15 is 0 Å². The maximum absolute atomic E-state index is 11.7. The molecular weight excluding hydrogens is 258 g/mol. The highest BCUT2D eigenvalue weighted by Crippen LogP contribution is 2.22. The van der Waals surface area contributed by atoms with Gasteiger partial charge in [-0.25, -0.2) is 4.79 Å². The Balaban J connectivity index is 2.27. The zero-order valence-electron chi connectivity index (χ0n) is 12.7. The molecule has 0 aliphatic heterocycles. The third-order valence-electron chi connectivity index (χ3n) is 3.57. The van der Waals surface area contributed by atoms with Crippen LogP contribution >= 0.6 is 0 Å². The van der Waals surface area contributed by atoms with Gasteiger partial charge in [-0.3, -0.25) is 4.79 Å². The summed E-state index contributed by atoms with van der Waals surface area (Å²) in [6, 6.07) is 0. The van der Waals surface area contributed by atoms with E-state index in [9.17, 15) is 9.59 Å². The van der Waals surface area contributed by atoms with E-state index in [1.54, 1.807) is 6.92 Å². The first-order valence-electron chi connectivity index (χ1n) is 7.79. The minimum atomic E-state index is -0.765. The summed E-state index contributed by atoms with van der Waals surface area (Å²) in [6.45, 7) is 4.32. The van der Waals surface area contributed by atoms with E-state index in [0.717, 1.165) is 6.42 Å². The van der Waals surface area contributed by atoms with Crippen molar-refractivity contribution in [3.63, 3.8) is 0 Å². The topological polar surface area (TPSA) is 64.6 Å². The molecule has 5 nitrogen and oxygen atoms in total. The largest absolute Gasteiger partial charge is 0.425 e. The van der Waals surface area contributed by atoms with Crippen LogP contribution in [0.25, 0.3) is 0 Å². The summed E-state index contributed by atoms with van der Waals surface area (Å²) in [4.78, 5) is 23.0. The fraction of sp³-hybridized carbons (Fsp3) is 0.867. The highest BCUT2D eigenvalue weighted by Gasteiger charge is 2.19. The Kier molecular flexibility index (Phi) is 8.07. The van der Waals surface area contributed by atoms with E-state index in [-0.39, 0.29) is 12.4 Å². The van der Waals surface area contributed by atoms with Crippen molar-refractivity contribution in [1.29, 1.82) is 0 Å². The lowest BCUT2D eigenvalue weighted by Gasteiger charge is -2.22. The zero-order valence-corrected chi connectivity index (χ0v) is 12.7. The summed E-state index contributed by atoms with van der Waals surface area (Å²) >= 11 is 0. The van der Waals surface area contributed by atoms with Gasteiger partial charge in [0.15, 0.2) is 0 Å². The second-order valence-corrected chi connectivity index (χ2v) is 5.35. The van der Waals surface area contributed by atoms with Crippen molar-refractivity contribution in [2.24, 2.45) is 5.92 Å². The second kappa shape index (κ2) is 9.61. The molecule has 1 fully saturated rings. The summed E-state index contributed by atoms with van der Waals surface area (Å²) in [5.74, 6) is 0.211. The molecule has 1 amide bonds. The Hall–Kier alpha value is -1.26. The number of carbonyl (C=O) groups excluding carboxylic acids is 2. The first-order chi connectivity index (χ1) is 9.65. The van der Waals surface area contributed by atoms with Crippen LogP contribution in [0.2, 0.25) is 0 Å². The van der Waals surface area contributed by atoms with E-state index < -0.39 is 12.4 Å². The number of esters is 1. The SMILES string of the molecule is CCCC(OC(=O)CC)OC(=O)NCC1CCCCC1. The average molecular weight is 285 g/mol. The lowest BCUT2D eigenvalue weighted by molar-refractivity contribution is -0.168. The summed E-state index contributed by atoms with van der Waals surface area (Å²) in [7, 11) is 0. The van der Waals surface area contributed by atoms with Crippen LogP contribution in [0, 0.1) is 5.92 Å². The van der Waals surface area contributed by atoms with Crippen molar-refractivity contribution in [1.82, 2.24) is 5.32 Å². The number of alkyl carbamates (subject to hydrolysis) is 1. The van der Waals surface area contributed by atoms with Gasteiger partial charge in [0.25, 0.3) is 0 Å². The van der Waals surface area contributed by atoms with Gasteiger partial charge in [0.2, 0.25) is 6.29 Å². The van der Waals surface area contributed by atoms with Crippen molar-refractivity contribution in [3.05, 3.63) is 0 Å². The molecule has 0 aromatic carbocycles. The number of hydrogen-bond acceptors (Lipinski definition) is 4. The fourth-order valence-electron chi connectivity index (χ4n) is 2.39. The first kappa shape index (κ1) is 16.8. The molecule has 0 saturated heterocycles. The molecule has 1 saturated carbocycles. The van der Waals surface area contributed by atoms with Crippen molar-refractivity contribution in [3.8, 4) is 0 Å². The average Bonchev–Trinajstić information content (AvgIpc) is 2.46. The van der Waals surface area contributed by atoms with Gasteiger partial charge in [-0.05, 0) is 25.2 Å². The molecule has 5 heteroatoms. The van der Waals surface area contributed by atoms with Crippen molar-refractivity contribution in [2.75, 3.05) is 6.54 Å². The lowest BCUT2D eigenvalue weighted by Crippen LogP contribution is -2.34. The molecule has 1 unspecified atom stereocenters. The van der Waals surface area contributed by atoms with E-state index in [1.165, 1.54) is 32.1 Å². The second-order valence-electron chi connectivity index (χ2n) is 5.35. The molecule has 1 aliphatic rings. The Bertz CT molecular complexity index is 300. The Labute approximate surface area is 121 Å². The minimum absolute atomic E-state index is 0.285. The van der Waals surface area contributed by atoms with Crippen LogP contribution in [0.15, 0.2) is 0 Å². The quantitative estimate of drug-likeness (QED) is 0.575. The van der Waals surface area contributed by atoms with Gasteiger partial charge >= 0.3 is 12.1 Å². The van der Waals surface area contributed by atoms with Crippen LogP contribution in [0.5, 0.6) is 0 Å². The molecular formula is C15H27NO4. The standard InChI is InChI=1S/C15H27NO4/c1-3-8-14(19-13(17)4-2)20-15(18)16-11-12-9-6-5-7-10-12/h12,14H,3-11H2,1-2H3,(H,16,18). The predicted molar refractivity (Wildman–Crippen MR) is 76.1 cm³/mol. The van der Waals surface area contributed by atoms with Crippen LogP contribution in [0.1, 0.15) is 65.2 Å². The maximum Gasteiger partial charge on any atom is 0.410 e. The molecule has 1 atom stereocenters. The highest BCUT2D eigenvalue weighted by atomic mass is 16.7. The van der Waals surface area contributed by atoms with Crippen LogP contribution in [-0.4, -0.2) is 24.9 Å². The molecule has 0 aromatic rings. The maximum atomic E-state index is 11.7. The number of rotatable bonds is 7. The number of hydrogen-bond donors (Lipinski definition) is 1. The van der Waals surface area contributed by atoms with Gasteiger partial charge in [-0.1, -0.05) is 33.1 Å². The van der Waals surface area contributed by atoms with Gasteiger partial charge in [0, 0.05) is 19.4 Å². The van der Waals surface area contributed by atoms with Crippen LogP contribution in [0.3, 0.4) is 0 Å². The molecule has 0 aromatic heterocycles. The van der Waals surface area contributed by atoms with E-state index in [2.05, 4.69) is 5.32 Å². The Morgan fingerprint density at radius 3 is 2.45 bits per heavy atom. The van der Waals surface area contributed by atoms with Gasteiger partial charge in [0.05, 0.1) is 0 Å². The Morgan fingerprint density at radius 1 is 1.15 bits per heavy atom. The van der Waals surface area contributed by atoms with Gasteiger partial charge in [-0.2, -0.15) is 0 Å². The molecule has 0 bridgehead atoms. The van der Waals surface area contributed by atoms with E-state index in [0.29, 0.717) is 18.9 Å². The third-order valence-corrected chi connectivity index (χ3v) is 3.57. The van der Waals surface area contributed by atoms with E-state index in [4.69, 9.17) is 9.47 Å². The van der Waals surface area contributed by atoms with Gasteiger partial charge in [0.1, 0.15) is 0 Å². The summed E-state index contributed by atoms with van der Waals surface area (Å²) in [5.41, 5.74) is 0. The Morgan fingerprint density at radius 2 is 1.85 bits per heavy atom. The molecule has 116 valence electrons. The molecule has 1 N–H and O–H groups in total. The van der Waals surface area contributed by atoms with E-state index in [1.807, 2.05) is 6.92 Å². The number of amides is 1. The monoisotopic (exact) mass is 285 g/mol. The molecule has 1 rings (SSSR count). The first-order valence-corrected chi connectivity index (χ1v) is 7.79. The van der Waals surface area contributed by atoms with Crippen molar-refractivity contribution >= 4 is 12.1 Å². The van der Waals surface area contributed by atoms with Crippen molar-refractivity contribution in [2.45, 2.75) is 71.5 Å². The summed E-state index contributed by atoms with van der Waals surface area (Å²) < 4.78 is 10.2. The normalized spacial score (nSPS) is 17.3. The highest BCUT2D eigenvalue weighted by molar-refractivity contribution is 5.70. The summed E-state index contributed by atoms with van der Waals surface area (Å²) in [5, 5.41) is 2.78. The summed E-state index contributed by atoms with van der Waals surface area (Å²) in [6.07, 6.45) is 6.48. The van der Waals surface area contributed by atoms with Crippen LogP contribution in [0.4, 0.5) is 4.79 Å². The minimum Gasteiger partial charge on any atom is -0.425 e. The number of nitrogens with one attached hydrogen (secondary N) is 1.